The molecule has 40 heavy (non-hydrogen) atoms. The molecule has 0 radical (unpaired) electrons. The van der Waals surface area contributed by atoms with E-state index in [1.54, 1.807) is 48.5 Å². The van der Waals surface area contributed by atoms with E-state index in [4.69, 9.17) is 5.73 Å². The summed E-state index contributed by atoms with van der Waals surface area (Å²) in [4.78, 5) is 52.4. The maximum absolute atomic E-state index is 13.1. The first-order valence-corrected chi connectivity index (χ1v) is 11.7. The normalized spacial score (nSPS) is 11.1. The van der Waals surface area contributed by atoms with E-state index in [0.717, 1.165) is 16.7 Å². The molecule has 5 N–H and O–H groups in total. The van der Waals surface area contributed by atoms with Gasteiger partial charge >= 0.3 is 12.1 Å². The molecule has 3 aromatic carbocycles. The van der Waals surface area contributed by atoms with Crippen LogP contribution in [-0.4, -0.2) is 27.7 Å². The Morgan fingerprint density at radius 2 is 1.68 bits per heavy atom. The average molecular weight is 553 g/mol. The minimum atomic E-state index is -5.09. The molecule has 2 amide bonds. The van der Waals surface area contributed by atoms with E-state index in [1.165, 1.54) is 18.2 Å². The Bertz CT molecular complexity index is 1630. The van der Waals surface area contributed by atoms with Crippen LogP contribution < -0.4 is 32.4 Å². The molecule has 1 aromatic heterocycles. The number of halogens is 3. The van der Waals surface area contributed by atoms with E-state index < -0.39 is 41.7 Å². The molecule has 206 valence electrons. The van der Waals surface area contributed by atoms with Crippen LogP contribution in [0.15, 0.2) is 88.5 Å². The number of benzene rings is 3. The van der Waals surface area contributed by atoms with Gasteiger partial charge < -0.3 is 26.1 Å². The van der Waals surface area contributed by atoms with Crippen molar-refractivity contribution in [3.05, 3.63) is 122 Å². The Morgan fingerprint density at radius 1 is 0.925 bits per heavy atom. The largest absolute Gasteiger partial charge is 0.573 e. The lowest BCUT2D eigenvalue weighted by Crippen LogP contribution is -2.38. The lowest BCUT2D eigenvalue weighted by atomic mass is 10.1. The molecule has 0 atom stereocenters. The van der Waals surface area contributed by atoms with Gasteiger partial charge in [-0.15, -0.1) is 13.2 Å². The number of amides is 2. The van der Waals surface area contributed by atoms with Crippen LogP contribution in [-0.2, 0) is 13.1 Å². The number of hydrogen-bond donors (Lipinski definition) is 4. The number of carbonyl (C=O) groups excluding carboxylic acids is 2. The molecule has 4 rings (SSSR count). The predicted octanol–water partition coefficient (Wildman–Crippen LogP) is 3.25. The molecule has 0 saturated heterocycles. The molecule has 0 saturated carbocycles. The number of anilines is 2. The average Bonchev–Trinajstić information content (AvgIpc) is 2.89. The van der Waals surface area contributed by atoms with Gasteiger partial charge in [-0.3, -0.25) is 19.0 Å². The second kappa shape index (κ2) is 11.6. The fourth-order valence-corrected chi connectivity index (χ4v) is 3.71. The number of carbonyl (C=O) groups is 2. The van der Waals surface area contributed by atoms with E-state index in [9.17, 15) is 32.3 Å². The van der Waals surface area contributed by atoms with Crippen LogP contribution in [0.3, 0.4) is 0 Å². The number of aromatic nitrogens is 2. The van der Waals surface area contributed by atoms with Gasteiger partial charge in [-0.2, -0.15) is 0 Å². The SMILES string of the molecule is Nc1cccc(NC(=O)c2ccc(CNC(=O)c3cc(=O)n(Cc4ccccc4)c(=O)[nH]3)c(OC(F)(F)F)c2)c1. The molecule has 10 nitrogen and oxygen atoms in total. The van der Waals surface area contributed by atoms with Gasteiger partial charge in [-0.25, -0.2) is 4.79 Å². The van der Waals surface area contributed by atoms with Gasteiger partial charge in [0.05, 0.1) is 6.54 Å². The minimum Gasteiger partial charge on any atom is -0.405 e. The Morgan fingerprint density at radius 3 is 2.35 bits per heavy atom. The molecule has 0 unspecified atom stereocenters. The van der Waals surface area contributed by atoms with Crippen LogP contribution in [0.25, 0.3) is 0 Å². The first-order valence-electron chi connectivity index (χ1n) is 11.7. The lowest BCUT2D eigenvalue weighted by Gasteiger charge is -2.15. The Kier molecular flexibility index (Phi) is 8.03. The summed E-state index contributed by atoms with van der Waals surface area (Å²) in [5, 5.41) is 4.86. The van der Waals surface area contributed by atoms with Crippen molar-refractivity contribution in [2.45, 2.75) is 19.5 Å². The molecule has 0 bridgehead atoms. The number of alkyl halides is 3. The maximum atomic E-state index is 13.1. The van der Waals surface area contributed by atoms with E-state index in [1.807, 2.05) is 0 Å². The fourth-order valence-electron chi connectivity index (χ4n) is 3.71. The molecule has 0 aliphatic carbocycles. The molecule has 1 heterocycles. The highest BCUT2D eigenvalue weighted by Crippen LogP contribution is 2.28. The zero-order valence-electron chi connectivity index (χ0n) is 20.6. The topological polar surface area (TPSA) is 148 Å². The summed E-state index contributed by atoms with van der Waals surface area (Å²) < 4.78 is 44.3. The van der Waals surface area contributed by atoms with Gasteiger partial charge in [0.15, 0.2) is 0 Å². The lowest BCUT2D eigenvalue weighted by molar-refractivity contribution is -0.274. The highest BCUT2D eigenvalue weighted by atomic mass is 19.4. The molecule has 4 aromatic rings. The summed E-state index contributed by atoms with van der Waals surface area (Å²) in [6.45, 7) is -0.497. The highest BCUT2D eigenvalue weighted by Gasteiger charge is 2.32. The van der Waals surface area contributed by atoms with Crippen molar-refractivity contribution in [2.75, 3.05) is 11.1 Å². The van der Waals surface area contributed by atoms with Crippen molar-refractivity contribution in [3.8, 4) is 5.75 Å². The molecular weight excluding hydrogens is 531 g/mol. The maximum Gasteiger partial charge on any atom is 0.573 e. The Labute approximate surface area is 224 Å². The summed E-state index contributed by atoms with van der Waals surface area (Å²) in [7, 11) is 0. The van der Waals surface area contributed by atoms with Crippen LogP contribution in [0.5, 0.6) is 5.75 Å². The molecule has 0 aliphatic rings. The van der Waals surface area contributed by atoms with Gasteiger partial charge in [0.25, 0.3) is 17.4 Å². The monoisotopic (exact) mass is 553 g/mol. The highest BCUT2D eigenvalue weighted by molar-refractivity contribution is 6.04. The summed E-state index contributed by atoms with van der Waals surface area (Å²) in [6.07, 6.45) is -5.09. The van der Waals surface area contributed by atoms with Crippen molar-refractivity contribution in [1.82, 2.24) is 14.9 Å². The third-order valence-electron chi connectivity index (χ3n) is 5.59. The molecule has 0 spiro atoms. The molecule has 0 aliphatic heterocycles. The summed E-state index contributed by atoms with van der Waals surface area (Å²) >= 11 is 0. The second-order valence-electron chi connectivity index (χ2n) is 8.53. The summed E-state index contributed by atoms with van der Waals surface area (Å²) in [6, 6.07) is 19.1. The van der Waals surface area contributed by atoms with Gasteiger partial charge in [0.2, 0.25) is 0 Å². The van der Waals surface area contributed by atoms with Crippen molar-refractivity contribution >= 4 is 23.2 Å². The van der Waals surface area contributed by atoms with Crippen LogP contribution in [0.2, 0.25) is 0 Å². The third-order valence-corrected chi connectivity index (χ3v) is 5.59. The number of nitrogens with zero attached hydrogens (tertiary/aromatic N) is 1. The van der Waals surface area contributed by atoms with Crippen LogP contribution in [0, 0.1) is 0 Å². The van der Waals surface area contributed by atoms with Gasteiger partial charge in [-0.1, -0.05) is 42.5 Å². The van der Waals surface area contributed by atoms with Crippen molar-refractivity contribution in [2.24, 2.45) is 0 Å². The van der Waals surface area contributed by atoms with Crippen LogP contribution in [0.1, 0.15) is 32.0 Å². The van der Waals surface area contributed by atoms with E-state index in [2.05, 4.69) is 20.4 Å². The number of rotatable bonds is 8. The number of aromatic amines is 1. The first kappa shape index (κ1) is 27.7. The second-order valence-corrected chi connectivity index (χ2v) is 8.53. The van der Waals surface area contributed by atoms with E-state index in [-0.39, 0.29) is 23.4 Å². The van der Waals surface area contributed by atoms with Gasteiger partial charge in [0.1, 0.15) is 11.4 Å². The Hall–Kier alpha value is -5.33. The fraction of sp³-hybridized carbons (Fsp3) is 0.111. The van der Waals surface area contributed by atoms with Crippen molar-refractivity contribution in [3.63, 3.8) is 0 Å². The predicted molar refractivity (Wildman–Crippen MR) is 140 cm³/mol. The third kappa shape index (κ3) is 7.16. The summed E-state index contributed by atoms with van der Waals surface area (Å²) in [5.41, 5.74) is 4.84. The van der Waals surface area contributed by atoms with E-state index >= 15 is 0 Å². The minimum absolute atomic E-state index is 0.0212. The van der Waals surface area contributed by atoms with Crippen molar-refractivity contribution in [1.29, 1.82) is 0 Å². The first-order chi connectivity index (χ1) is 19.0. The van der Waals surface area contributed by atoms with Crippen molar-refractivity contribution < 1.29 is 27.5 Å². The van der Waals surface area contributed by atoms with Gasteiger partial charge in [0, 0.05) is 35.1 Å². The zero-order valence-corrected chi connectivity index (χ0v) is 20.6. The van der Waals surface area contributed by atoms with Crippen LogP contribution >= 0.6 is 0 Å². The quantitative estimate of drug-likeness (QED) is 0.246. The molecule has 13 heteroatoms. The van der Waals surface area contributed by atoms with Gasteiger partial charge in [-0.05, 0) is 35.9 Å². The molecular formula is C27H22F3N5O5. The number of nitrogens with two attached hydrogens (primary N) is 1. The Balaban J connectivity index is 1.51. The smallest absolute Gasteiger partial charge is 0.405 e. The molecule has 0 fully saturated rings. The number of H-pyrrole nitrogens is 1. The van der Waals surface area contributed by atoms with Crippen LogP contribution in [0.4, 0.5) is 24.5 Å². The number of nitrogen functional groups attached to an aromatic ring is 1. The standard InChI is InChI=1S/C27H22F3N5O5/c28-27(29,30)40-22-11-17(24(37)33-20-8-4-7-19(31)12-20)9-10-18(22)14-32-25(38)21-13-23(36)35(26(39)34-21)15-16-5-2-1-3-6-16/h1-13H,14-15,31H2,(H,32,38)(H,33,37)(H,34,39). The summed E-state index contributed by atoms with van der Waals surface area (Å²) in [5.74, 6) is -2.36. The number of ether oxygens (including phenoxy) is 1. The van der Waals surface area contributed by atoms with E-state index in [0.29, 0.717) is 16.9 Å². The number of hydrogen-bond acceptors (Lipinski definition) is 6. The number of nitrogens with one attached hydrogen (secondary N) is 3. The zero-order chi connectivity index (χ0) is 28.9.